The highest BCUT2D eigenvalue weighted by molar-refractivity contribution is 4.91. The Bertz CT molecular complexity index is 176. The molecule has 0 unspecified atom stereocenters. The fourth-order valence-electron chi connectivity index (χ4n) is 2.84. The van der Waals surface area contributed by atoms with Crippen LogP contribution in [-0.2, 0) is 0 Å². The van der Waals surface area contributed by atoms with E-state index in [-0.39, 0.29) is 0 Å². The van der Waals surface area contributed by atoms with Gasteiger partial charge < -0.3 is 4.90 Å². The standard InChI is InChI=1S/C13H25N/c1-3-8-14-9-4-12(5-10-14)11-13(2)6-7-13/h12H,3-11H2,1-2H3. The van der Waals surface area contributed by atoms with E-state index in [2.05, 4.69) is 18.7 Å². The summed E-state index contributed by atoms with van der Waals surface area (Å²) in [4.78, 5) is 2.64. The molecule has 2 fully saturated rings. The van der Waals surface area contributed by atoms with Crippen molar-refractivity contribution in [2.45, 2.75) is 52.4 Å². The third-order valence-electron chi connectivity index (χ3n) is 4.13. The van der Waals surface area contributed by atoms with E-state index in [0.717, 1.165) is 11.3 Å². The first kappa shape index (κ1) is 10.5. The van der Waals surface area contributed by atoms with Gasteiger partial charge in [0.1, 0.15) is 0 Å². The fourth-order valence-corrected chi connectivity index (χ4v) is 2.84. The number of nitrogens with zero attached hydrogens (tertiary/aromatic N) is 1. The zero-order valence-corrected chi connectivity index (χ0v) is 9.89. The molecule has 1 aliphatic heterocycles. The van der Waals surface area contributed by atoms with Gasteiger partial charge in [0.15, 0.2) is 0 Å². The number of rotatable bonds is 4. The second-order valence-corrected chi connectivity index (χ2v) is 5.80. The van der Waals surface area contributed by atoms with Crippen molar-refractivity contribution in [1.29, 1.82) is 0 Å². The Morgan fingerprint density at radius 2 is 1.86 bits per heavy atom. The van der Waals surface area contributed by atoms with Crippen molar-refractivity contribution < 1.29 is 0 Å². The number of likely N-dealkylation sites (tertiary alicyclic amines) is 1. The Kier molecular flexibility index (Phi) is 3.16. The molecule has 0 N–H and O–H groups in total. The number of piperidine rings is 1. The molecular formula is C13H25N. The van der Waals surface area contributed by atoms with Crippen LogP contribution in [0.3, 0.4) is 0 Å². The van der Waals surface area contributed by atoms with Crippen molar-refractivity contribution in [1.82, 2.24) is 4.90 Å². The molecule has 0 spiro atoms. The molecular weight excluding hydrogens is 170 g/mol. The van der Waals surface area contributed by atoms with E-state index >= 15 is 0 Å². The predicted octanol–water partition coefficient (Wildman–Crippen LogP) is 3.30. The van der Waals surface area contributed by atoms with E-state index in [9.17, 15) is 0 Å². The summed E-state index contributed by atoms with van der Waals surface area (Å²) in [6.07, 6.45) is 8.78. The highest BCUT2D eigenvalue weighted by Crippen LogP contribution is 2.51. The molecule has 1 saturated carbocycles. The van der Waals surface area contributed by atoms with Crippen LogP contribution in [0.1, 0.15) is 52.4 Å². The second kappa shape index (κ2) is 4.22. The lowest BCUT2D eigenvalue weighted by Crippen LogP contribution is -2.34. The van der Waals surface area contributed by atoms with Gasteiger partial charge in [0.25, 0.3) is 0 Å². The molecule has 0 aromatic heterocycles. The fraction of sp³-hybridized carbons (Fsp3) is 1.00. The van der Waals surface area contributed by atoms with Crippen LogP contribution in [-0.4, -0.2) is 24.5 Å². The quantitative estimate of drug-likeness (QED) is 0.665. The minimum absolute atomic E-state index is 0.775. The first-order valence-corrected chi connectivity index (χ1v) is 6.44. The van der Waals surface area contributed by atoms with Gasteiger partial charge >= 0.3 is 0 Å². The van der Waals surface area contributed by atoms with E-state index < -0.39 is 0 Å². The summed E-state index contributed by atoms with van der Waals surface area (Å²) < 4.78 is 0. The largest absolute Gasteiger partial charge is 0.303 e. The van der Waals surface area contributed by atoms with Crippen LogP contribution < -0.4 is 0 Å². The summed E-state index contributed by atoms with van der Waals surface area (Å²) in [5, 5.41) is 0. The van der Waals surface area contributed by atoms with Crippen molar-refractivity contribution in [2.24, 2.45) is 11.3 Å². The first-order valence-electron chi connectivity index (χ1n) is 6.44. The Balaban J connectivity index is 1.68. The van der Waals surface area contributed by atoms with Crippen LogP contribution in [0.4, 0.5) is 0 Å². The summed E-state index contributed by atoms with van der Waals surface area (Å²) in [6, 6.07) is 0. The third kappa shape index (κ3) is 2.73. The monoisotopic (exact) mass is 195 g/mol. The molecule has 0 atom stereocenters. The molecule has 0 aromatic rings. The molecule has 82 valence electrons. The van der Waals surface area contributed by atoms with Gasteiger partial charge in [0, 0.05) is 0 Å². The van der Waals surface area contributed by atoms with Crippen LogP contribution in [0.15, 0.2) is 0 Å². The molecule has 1 aliphatic carbocycles. The summed E-state index contributed by atoms with van der Waals surface area (Å²) in [5.41, 5.74) is 0.775. The summed E-state index contributed by atoms with van der Waals surface area (Å²) in [7, 11) is 0. The van der Waals surface area contributed by atoms with E-state index in [4.69, 9.17) is 0 Å². The Hall–Kier alpha value is -0.0400. The number of hydrogen-bond acceptors (Lipinski definition) is 1. The van der Waals surface area contributed by atoms with E-state index in [1.54, 1.807) is 0 Å². The normalized spacial score (nSPS) is 27.9. The number of hydrogen-bond donors (Lipinski definition) is 0. The third-order valence-corrected chi connectivity index (χ3v) is 4.13. The van der Waals surface area contributed by atoms with Gasteiger partial charge in [-0.25, -0.2) is 0 Å². The lowest BCUT2D eigenvalue weighted by Gasteiger charge is -2.32. The average molecular weight is 195 g/mol. The maximum Gasteiger partial charge on any atom is -0.00161 e. The van der Waals surface area contributed by atoms with Gasteiger partial charge in [0.05, 0.1) is 0 Å². The maximum atomic E-state index is 2.64. The Morgan fingerprint density at radius 3 is 2.36 bits per heavy atom. The zero-order valence-electron chi connectivity index (χ0n) is 9.89. The molecule has 0 bridgehead atoms. The van der Waals surface area contributed by atoms with Gasteiger partial charge in [-0.3, -0.25) is 0 Å². The lowest BCUT2D eigenvalue weighted by molar-refractivity contribution is 0.166. The van der Waals surface area contributed by atoms with Gasteiger partial charge in [-0.05, 0) is 69.5 Å². The topological polar surface area (TPSA) is 3.24 Å². The molecule has 0 aromatic carbocycles. The minimum atomic E-state index is 0.775. The van der Waals surface area contributed by atoms with Gasteiger partial charge in [0.2, 0.25) is 0 Å². The zero-order chi connectivity index (χ0) is 10.0. The second-order valence-electron chi connectivity index (χ2n) is 5.80. The molecule has 1 heteroatoms. The van der Waals surface area contributed by atoms with E-state index in [1.807, 2.05) is 0 Å². The minimum Gasteiger partial charge on any atom is -0.303 e. The highest BCUT2D eigenvalue weighted by Gasteiger charge is 2.39. The van der Waals surface area contributed by atoms with E-state index in [0.29, 0.717) is 0 Å². The molecule has 14 heavy (non-hydrogen) atoms. The highest BCUT2D eigenvalue weighted by atomic mass is 15.1. The van der Waals surface area contributed by atoms with Gasteiger partial charge in [-0.15, -0.1) is 0 Å². The van der Waals surface area contributed by atoms with Crippen molar-refractivity contribution in [3.8, 4) is 0 Å². The molecule has 0 radical (unpaired) electrons. The predicted molar refractivity (Wildman–Crippen MR) is 61.4 cm³/mol. The SMILES string of the molecule is CCCN1CCC(CC2(C)CC2)CC1. The lowest BCUT2D eigenvalue weighted by atomic mass is 9.86. The summed E-state index contributed by atoms with van der Waals surface area (Å²) >= 11 is 0. The molecule has 1 heterocycles. The molecule has 2 aliphatic rings. The van der Waals surface area contributed by atoms with Crippen molar-refractivity contribution in [3.05, 3.63) is 0 Å². The Morgan fingerprint density at radius 1 is 1.21 bits per heavy atom. The summed E-state index contributed by atoms with van der Waals surface area (Å²) in [5.74, 6) is 1.05. The van der Waals surface area contributed by atoms with Crippen LogP contribution in [0.5, 0.6) is 0 Å². The smallest absolute Gasteiger partial charge is 0.00161 e. The van der Waals surface area contributed by atoms with Gasteiger partial charge in [-0.2, -0.15) is 0 Å². The van der Waals surface area contributed by atoms with Crippen LogP contribution in [0.25, 0.3) is 0 Å². The van der Waals surface area contributed by atoms with Crippen LogP contribution in [0.2, 0.25) is 0 Å². The molecule has 1 nitrogen and oxygen atoms in total. The molecule has 0 amide bonds. The van der Waals surface area contributed by atoms with E-state index in [1.165, 1.54) is 58.2 Å². The maximum absolute atomic E-state index is 2.64. The van der Waals surface area contributed by atoms with Crippen molar-refractivity contribution in [3.63, 3.8) is 0 Å². The van der Waals surface area contributed by atoms with Crippen molar-refractivity contribution in [2.75, 3.05) is 19.6 Å². The molecule has 1 saturated heterocycles. The van der Waals surface area contributed by atoms with Crippen LogP contribution in [0, 0.1) is 11.3 Å². The van der Waals surface area contributed by atoms with Gasteiger partial charge in [-0.1, -0.05) is 13.8 Å². The van der Waals surface area contributed by atoms with Crippen molar-refractivity contribution >= 4 is 0 Å². The first-order chi connectivity index (χ1) is 6.72. The van der Waals surface area contributed by atoms with Crippen LogP contribution >= 0.6 is 0 Å². The Labute approximate surface area is 88.9 Å². The molecule has 2 rings (SSSR count). The average Bonchev–Trinajstić information content (AvgIpc) is 2.88. The summed E-state index contributed by atoms with van der Waals surface area (Å²) in [6.45, 7) is 8.83.